The number of likely N-dealkylation sites (tertiary alicyclic amines) is 2. The molecule has 206 valence electrons. The monoisotopic (exact) mass is 528 g/mol. The van der Waals surface area contributed by atoms with Gasteiger partial charge < -0.3 is 20.5 Å². The molecule has 7 nitrogen and oxygen atoms in total. The van der Waals surface area contributed by atoms with Crippen molar-refractivity contribution < 1.29 is 14.6 Å². The van der Waals surface area contributed by atoms with E-state index in [1.165, 1.54) is 11.3 Å². The Balaban J connectivity index is 1.12. The molecule has 39 heavy (non-hydrogen) atoms. The van der Waals surface area contributed by atoms with E-state index in [1.54, 1.807) is 0 Å². The number of rotatable bonds is 7. The number of anilines is 2. The van der Waals surface area contributed by atoms with Crippen LogP contribution in [-0.2, 0) is 20.4 Å². The predicted octanol–water partition coefficient (Wildman–Crippen LogP) is 4.22. The van der Waals surface area contributed by atoms with Gasteiger partial charge in [-0.2, -0.15) is 0 Å². The van der Waals surface area contributed by atoms with Crippen LogP contribution >= 0.6 is 0 Å². The number of aliphatic hydroxyl groups is 1. The molecule has 0 amide bonds. The number of carbonyl (C=O) groups excluding carboxylic acids is 1. The Morgan fingerprint density at radius 2 is 1.62 bits per heavy atom. The number of carbonyl (C=O) groups is 1. The summed E-state index contributed by atoms with van der Waals surface area (Å²) in [5.41, 5.74) is 5.79. The largest absolute Gasteiger partial charge is 0.458 e. The second-order valence-electron chi connectivity index (χ2n) is 12.0. The van der Waals surface area contributed by atoms with Crippen molar-refractivity contribution >= 4 is 17.3 Å². The maximum atomic E-state index is 13.0. The summed E-state index contributed by atoms with van der Waals surface area (Å²) in [7, 11) is 4.25. The number of hydrogen-bond acceptors (Lipinski definition) is 7. The first-order valence-corrected chi connectivity index (χ1v) is 14.1. The van der Waals surface area contributed by atoms with Crippen LogP contribution in [0.25, 0.3) is 0 Å². The fourth-order valence-corrected chi connectivity index (χ4v) is 7.46. The van der Waals surface area contributed by atoms with Crippen LogP contribution in [0.2, 0.25) is 0 Å². The predicted molar refractivity (Wildman–Crippen MR) is 155 cm³/mol. The van der Waals surface area contributed by atoms with Crippen LogP contribution < -0.4 is 10.6 Å². The van der Waals surface area contributed by atoms with Crippen LogP contribution in [0.4, 0.5) is 11.4 Å². The molecule has 4 aliphatic rings. The van der Waals surface area contributed by atoms with E-state index in [9.17, 15) is 9.90 Å². The van der Waals surface area contributed by atoms with Crippen LogP contribution in [0.15, 0.2) is 71.8 Å². The van der Waals surface area contributed by atoms with Gasteiger partial charge in [0.15, 0.2) is 0 Å². The van der Waals surface area contributed by atoms with Crippen molar-refractivity contribution in [2.24, 2.45) is 0 Å². The molecule has 0 saturated carbocycles. The fraction of sp³-hybridized carbons (Fsp3) is 0.469. The van der Waals surface area contributed by atoms with Gasteiger partial charge in [-0.1, -0.05) is 48.6 Å². The number of benzene rings is 2. The van der Waals surface area contributed by atoms with Gasteiger partial charge >= 0.3 is 5.97 Å². The highest BCUT2D eigenvalue weighted by atomic mass is 16.5. The molecular weight excluding hydrogens is 488 g/mol. The van der Waals surface area contributed by atoms with E-state index in [4.69, 9.17) is 4.74 Å². The van der Waals surface area contributed by atoms with Crippen molar-refractivity contribution in [1.29, 1.82) is 0 Å². The summed E-state index contributed by atoms with van der Waals surface area (Å²) in [4.78, 5) is 17.6. The lowest BCUT2D eigenvalue weighted by Crippen LogP contribution is -2.48. The van der Waals surface area contributed by atoms with Crippen molar-refractivity contribution in [3.8, 4) is 0 Å². The van der Waals surface area contributed by atoms with Gasteiger partial charge in [-0.05, 0) is 76.0 Å². The highest BCUT2D eigenvalue weighted by Crippen LogP contribution is 2.52. The molecule has 2 aromatic carbocycles. The molecule has 1 unspecified atom stereocenters. The molecule has 2 fully saturated rings. The maximum Gasteiger partial charge on any atom is 0.333 e. The van der Waals surface area contributed by atoms with Gasteiger partial charge in [0.2, 0.25) is 0 Å². The van der Waals surface area contributed by atoms with Crippen molar-refractivity contribution in [3.05, 3.63) is 83.0 Å². The average Bonchev–Trinajstić information content (AvgIpc) is 3.64. The molecule has 0 aromatic heterocycles. The first kappa shape index (κ1) is 26.1. The fourth-order valence-electron chi connectivity index (χ4n) is 7.46. The molecule has 3 N–H and O–H groups in total. The van der Waals surface area contributed by atoms with E-state index in [1.807, 2.05) is 38.1 Å². The van der Waals surface area contributed by atoms with E-state index in [0.717, 1.165) is 49.2 Å². The minimum atomic E-state index is -0.690. The number of para-hydroxylation sites is 2. The highest BCUT2D eigenvalue weighted by Gasteiger charge is 2.56. The van der Waals surface area contributed by atoms with E-state index in [2.05, 4.69) is 70.9 Å². The number of fused-ring (bicyclic) bond motifs is 6. The van der Waals surface area contributed by atoms with Crippen molar-refractivity contribution in [2.45, 2.75) is 62.4 Å². The lowest BCUT2D eigenvalue weighted by Gasteiger charge is -2.35. The van der Waals surface area contributed by atoms with Gasteiger partial charge in [0.25, 0.3) is 0 Å². The van der Waals surface area contributed by atoms with Crippen LogP contribution in [-0.4, -0.2) is 73.1 Å². The van der Waals surface area contributed by atoms with Gasteiger partial charge in [-0.25, -0.2) is 4.79 Å². The SMILES string of the molecule is C/C(=C\C(O)[C@@]12CCN(C)[C@@H]1Nc1ccccc12)COC(=O)/C(C)=C/C[C@@]12CCN(C)[C@@H]1Nc1ccccc12. The molecular formula is C32H40N4O3. The van der Waals surface area contributed by atoms with Gasteiger partial charge in [-0.15, -0.1) is 0 Å². The second-order valence-corrected chi connectivity index (χ2v) is 12.0. The van der Waals surface area contributed by atoms with Crippen molar-refractivity contribution in [2.75, 3.05) is 44.4 Å². The highest BCUT2D eigenvalue weighted by molar-refractivity contribution is 5.87. The Labute approximate surface area is 231 Å². The lowest BCUT2D eigenvalue weighted by molar-refractivity contribution is -0.138. The third kappa shape index (κ3) is 4.10. The van der Waals surface area contributed by atoms with Crippen LogP contribution in [0.5, 0.6) is 0 Å². The van der Waals surface area contributed by atoms with Crippen molar-refractivity contribution in [3.63, 3.8) is 0 Å². The minimum absolute atomic E-state index is 0.0368. The summed E-state index contributed by atoms with van der Waals surface area (Å²) >= 11 is 0. The average molecular weight is 529 g/mol. The van der Waals surface area contributed by atoms with Gasteiger partial charge in [-0.3, -0.25) is 9.80 Å². The number of esters is 1. The molecule has 6 rings (SSSR count). The van der Waals surface area contributed by atoms with Crippen LogP contribution in [0.3, 0.4) is 0 Å². The summed E-state index contributed by atoms with van der Waals surface area (Å²) < 4.78 is 5.70. The van der Waals surface area contributed by atoms with E-state index < -0.39 is 11.5 Å². The van der Waals surface area contributed by atoms with Crippen LogP contribution in [0.1, 0.15) is 44.2 Å². The van der Waals surface area contributed by atoms with Crippen LogP contribution in [0, 0.1) is 0 Å². The Hall–Kier alpha value is -3.13. The zero-order valence-corrected chi connectivity index (χ0v) is 23.4. The summed E-state index contributed by atoms with van der Waals surface area (Å²) in [6.45, 7) is 5.86. The van der Waals surface area contributed by atoms with Gasteiger partial charge in [0.1, 0.15) is 6.61 Å². The third-order valence-corrected chi connectivity index (χ3v) is 9.65. The Morgan fingerprint density at radius 1 is 1.00 bits per heavy atom. The lowest BCUT2D eigenvalue weighted by atomic mass is 9.74. The topological polar surface area (TPSA) is 77.1 Å². The molecule has 0 bridgehead atoms. The number of likely N-dealkylation sites (N-methyl/N-ethyl adjacent to an activating group) is 2. The van der Waals surface area contributed by atoms with Crippen molar-refractivity contribution in [1.82, 2.24) is 9.80 Å². The van der Waals surface area contributed by atoms with E-state index >= 15 is 0 Å². The molecule has 4 heterocycles. The summed E-state index contributed by atoms with van der Waals surface area (Å²) in [6, 6.07) is 16.8. The molecule has 4 aliphatic heterocycles. The summed E-state index contributed by atoms with van der Waals surface area (Å²) in [5.74, 6) is -0.305. The summed E-state index contributed by atoms with van der Waals surface area (Å²) in [5, 5.41) is 18.8. The normalized spacial score (nSPS) is 30.7. The Kier molecular flexibility index (Phi) is 6.57. The number of aliphatic hydroxyl groups excluding tert-OH is 1. The number of hydrogen-bond donors (Lipinski definition) is 3. The number of nitrogens with zero attached hydrogens (tertiary/aromatic N) is 2. The quantitative estimate of drug-likeness (QED) is 0.282. The molecule has 2 aromatic rings. The summed E-state index contributed by atoms with van der Waals surface area (Å²) in [6.07, 6.45) is 6.19. The third-order valence-electron chi connectivity index (χ3n) is 9.65. The first-order chi connectivity index (χ1) is 18.8. The molecule has 0 spiro atoms. The maximum absolute atomic E-state index is 13.0. The molecule has 0 radical (unpaired) electrons. The Morgan fingerprint density at radius 3 is 2.38 bits per heavy atom. The van der Waals surface area contributed by atoms with E-state index in [-0.39, 0.29) is 30.3 Å². The molecule has 2 saturated heterocycles. The molecule has 7 heteroatoms. The van der Waals surface area contributed by atoms with Gasteiger partial charge in [0.05, 0.1) is 23.9 Å². The smallest absolute Gasteiger partial charge is 0.333 e. The number of ether oxygens (including phenoxy) is 1. The zero-order valence-electron chi connectivity index (χ0n) is 23.4. The van der Waals surface area contributed by atoms with Gasteiger partial charge in [0, 0.05) is 35.5 Å². The second kappa shape index (κ2) is 9.81. The number of nitrogens with one attached hydrogen (secondary N) is 2. The van der Waals surface area contributed by atoms with E-state index in [0.29, 0.717) is 5.57 Å². The molecule has 5 atom stereocenters. The standard InChI is InChI=1S/C32H40N4O3/c1-21(19-27(37)32-16-18-36(4)30(32)34-26-12-8-6-10-24(26)32)20-39-28(38)22(2)13-14-31-15-17-35(3)29(31)33-25-11-7-5-9-23(25)31/h5-13,19,27,29-30,33-34,37H,14-18,20H2,1-4H3/b21-19+,22-13+/t27?,29-,30-,31-,32-/m0/s1. The minimum Gasteiger partial charge on any atom is -0.458 e. The molecule has 0 aliphatic carbocycles. The number of allylic oxidation sites excluding steroid dienone is 1. The Bertz CT molecular complexity index is 1340. The first-order valence-electron chi connectivity index (χ1n) is 14.1. The zero-order chi connectivity index (χ0) is 27.4.